The maximum Gasteiger partial charge on any atom is 0.230 e. The monoisotopic (exact) mass is 256 g/mol. The summed E-state index contributed by atoms with van der Waals surface area (Å²) in [7, 11) is 0. The molecule has 0 saturated heterocycles. The molecule has 5 heteroatoms. The van der Waals surface area contributed by atoms with Gasteiger partial charge in [-0.1, -0.05) is 13.8 Å². The van der Waals surface area contributed by atoms with Crippen LogP contribution in [-0.4, -0.2) is 18.2 Å². The summed E-state index contributed by atoms with van der Waals surface area (Å²) in [6.07, 6.45) is 0. The fraction of sp³-hybridized carbons (Fsp3) is 0.417. The molecule has 0 unspecified atom stereocenters. The third kappa shape index (κ3) is 5.58. The highest BCUT2D eigenvalue weighted by molar-refractivity contribution is 8.00. The van der Waals surface area contributed by atoms with Crippen molar-refractivity contribution in [2.45, 2.75) is 18.7 Å². The Balaban J connectivity index is 2.42. The number of thioether (sulfide) groups is 1. The number of nitrogens with two attached hydrogens (primary N) is 1. The summed E-state index contributed by atoms with van der Waals surface area (Å²) in [6, 6.07) is 4.28. The van der Waals surface area contributed by atoms with E-state index in [-0.39, 0.29) is 17.5 Å². The highest BCUT2D eigenvalue weighted by Crippen LogP contribution is 2.21. The van der Waals surface area contributed by atoms with Crippen LogP contribution in [-0.2, 0) is 4.79 Å². The molecular weight excluding hydrogens is 239 g/mol. The van der Waals surface area contributed by atoms with Crippen LogP contribution in [0.1, 0.15) is 13.8 Å². The first-order valence-electron chi connectivity index (χ1n) is 5.43. The van der Waals surface area contributed by atoms with E-state index in [9.17, 15) is 9.18 Å². The van der Waals surface area contributed by atoms with Gasteiger partial charge >= 0.3 is 0 Å². The molecule has 1 aromatic rings. The first-order valence-corrected chi connectivity index (χ1v) is 6.41. The number of halogens is 1. The third-order valence-electron chi connectivity index (χ3n) is 1.97. The molecule has 94 valence electrons. The molecule has 0 spiro atoms. The molecule has 17 heavy (non-hydrogen) atoms. The molecule has 0 bridgehead atoms. The summed E-state index contributed by atoms with van der Waals surface area (Å²) in [5.41, 5.74) is 5.88. The Morgan fingerprint density at radius 1 is 1.47 bits per heavy atom. The molecule has 3 nitrogen and oxygen atoms in total. The largest absolute Gasteiger partial charge is 0.399 e. The van der Waals surface area contributed by atoms with Crippen molar-refractivity contribution in [2.75, 3.05) is 18.0 Å². The Bertz CT molecular complexity index is 376. The van der Waals surface area contributed by atoms with Gasteiger partial charge in [-0.2, -0.15) is 0 Å². The van der Waals surface area contributed by atoms with Gasteiger partial charge < -0.3 is 11.1 Å². The van der Waals surface area contributed by atoms with Gasteiger partial charge in [-0.05, 0) is 24.1 Å². The molecule has 0 heterocycles. The first-order chi connectivity index (χ1) is 7.97. The lowest BCUT2D eigenvalue weighted by atomic mass is 10.2. The van der Waals surface area contributed by atoms with Crippen molar-refractivity contribution in [1.29, 1.82) is 0 Å². The van der Waals surface area contributed by atoms with Crippen molar-refractivity contribution in [3.8, 4) is 0 Å². The van der Waals surface area contributed by atoms with Crippen molar-refractivity contribution >= 4 is 23.4 Å². The minimum absolute atomic E-state index is 0.0495. The van der Waals surface area contributed by atoms with Crippen molar-refractivity contribution in [3.05, 3.63) is 24.0 Å². The minimum atomic E-state index is -0.380. The number of benzene rings is 1. The van der Waals surface area contributed by atoms with Crippen LogP contribution in [0.3, 0.4) is 0 Å². The van der Waals surface area contributed by atoms with Gasteiger partial charge in [0.1, 0.15) is 5.82 Å². The second-order valence-corrected chi connectivity index (χ2v) is 5.26. The van der Waals surface area contributed by atoms with E-state index in [4.69, 9.17) is 5.73 Å². The van der Waals surface area contributed by atoms with Crippen LogP contribution in [0.4, 0.5) is 10.1 Å². The quantitative estimate of drug-likeness (QED) is 0.627. The molecule has 1 rings (SSSR count). The summed E-state index contributed by atoms with van der Waals surface area (Å²) in [4.78, 5) is 12.1. The molecule has 0 aliphatic carbocycles. The molecule has 0 saturated carbocycles. The number of rotatable bonds is 5. The molecule has 0 radical (unpaired) electrons. The highest BCUT2D eigenvalue weighted by atomic mass is 32.2. The zero-order chi connectivity index (χ0) is 12.8. The lowest BCUT2D eigenvalue weighted by molar-refractivity contribution is -0.118. The summed E-state index contributed by atoms with van der Waals surface area (Å²) >= 11 is 1.28. The van der Waals surface area contributed by atoms with Gasteiger partial charge in [-0.15, -0.1) is 11.8 Å². The van der Waals surface area contributed by atoms with Gasteiger partial charge in [0.15, 0.2) is 0 Å². The smallest absolute Gasteiger partial charge is 0.230 e. The van der Waals surface area contributed by atoms with Crippen molar-refractivity contribution < 1.29 is 9.18 Å². The van der Waals surface area contributed by atoms with E-state index in [0.717, 1.165) is 0 Å². The number of hydrogen-bond donors (Lipinski definition) is 2. The number of anilines is 1. The van der Waals surface area contributed by atoms with Gasteiger partial charge in [0.05, 0.1) is 5.75 Å². The zero-order valence-electron chi connectivity index (χ0n) is 10.00. The average Bonchev–Trinajstić information content (AvgIpc) is 2.22. The topological polar surface area (TPSA) is 55.1 Å². The van der Waals surface area contributed by atoms with Gasteiger partial charge in [-0.3, -0.25) is 4.79 Å². The number of nitrogens with one attached hydrogen (secondary N) is 1. The van der Waals surface area contributed by atoms with Crippen LogP contribution in [0.15, 0.2) is 23.1 Å². The lowest BCUT2D eigenvalue weighted by Gasteiger charge is -2.07. The van der Waals surface area contributed by atoms with Gasteiger partial charge in [0.2, 0.25) is 5.91 Å². The van der Waals surface area contributed by atoms with Crippen LogP contribution < -0.4 is 11.1 Å². The second kappa shape index (κ2) is 6.49. The fourth-order valence-corrected chi connectivity index (χ4v) is 2.00. The van der Waals surface area contributed by atoms with E-state index >= 15 is 0 Å². The van der Waals surface area contributed by atoms with Gasteiger partial charge in [0, 0.05) is 17.1 Å². The fourth-order valence-electron chi connectivity index (χ4n) is 1.19. The number of nitrogen functional groups attached to an aromatic ring is 1. The second-order valence-electron chi connectivity index (χ2n) is 4.21. The molecule has 1 aromatic carbocycles. The number of carbonyl (C=O) groups is 1. The normalized spacial score (nSPS) is 10.6. The maximum atomic E-state index is 13.0. The molecule has 1 amide bonds. The summed E-state index contributed by atoms with van der Waals surface area (Å²) in [5.74, 6) is 0.269. The molecule has 0 atom stereocenters. The Labute approximate surface area is 105 Å². The van der Waals surface area contributed by atoms with Crippen LogP contribution in [0, 0.1) is 11.7 Å². The molecule has 0 aliphatic heterocycles. The molecular formula is C12H17FN2OS. The standard InChI is InChI=1S/C12H17FN2OS/c1-8(2)6-15-12(16)7-17-11-4-9(13)3-10(14)5-11/h3-5,8H,6-7,14H2,1-2H3,(H,15,16). The number of hydrogen-bond acceptors (Lipinski definition) is 3. The SMILES string of the molecule is CC(C)CNC(=O)CSc1cc(N)cc(F)c1. The van der Waals surface area contributed by atoms with Crippen LogP contribution in [0.5, 0.6) is 0 Å². The summed E-state index contributed by atoms with van der Waals surface area (Å²) < 4.78 is 13.0. The Hall–Kier alpha value is -1.23. The average molecular weight is 256 g/mol. The maximum absolute atomic E-state index is 13.0. The van der Waals surface area contributed by atoms with E-state index in [1.807, 2.05) is 13.8 Å². The van der Waals surface area contributed by atoms with E-state index < -0.39 is 0 Å². The summed E-state index contributed by atoms with van der Waals surface area (Å²) in [6.45, 7) is 4.71. The Morgan fingerprint density at radius 2 is 2.18 bits per heavy atom. The van der Waals surface area contributed by atoms with Crippen molar-refractivity contribution in [1.82, 2.24) is 5.32 Å². The third-order valence-corrected chi connectivity index (χ3v) is 2.95. The minimum Gasteiger partial charge on any atom is -0.399 e. The highest BCUT2D eigenvalue weighted by Gasteiger charge is 2.05. The first kappa shape index (κ1) is 13.8. The molecule has 0 aliphatic rings. The number of carbonyl (C=O) groups excluding carboxylic acids is 1. The molecule has 3 N–H and O–H groups in total. The van der Waals surface area contributed by atoms with Crippen molar-refractivity contribution in [3.63, 3.8) is 0 Å². The van der Waals surface area contributed by atoms with E-state index in [1.54, 1.807) is 6.07 Å². The van der Waals surface area contributed by atoms with Gasteiger partial charge in [-0.25, -0.2) is 4.39 Å². The lowest BCUT2D eigenvalue weighted by Crippen LogP contribution is -2.28. The summed E-state index contributed by atoms with van der Waals surface area (Å²) in [5, 5.41) is 2.80. The van der Waals surface area contributed by atoms with Crippen LogP contribution >= 0.6 is 11.8 Å². The van der Waals surface area contributed by atoms with Crippen LogP contribution in [0.2, 0.25) is 0 Å². The van der Waals surface area contributed by atoms with Crippen LogP contribution in [0.25, 0.3) is 0 Å². The number of amides is 1. The Morgan fingerprint density at radius 3 is 2.76 bits per heavy atom. The molecule has 0 aromatic heterocycles. The Kier molecular flexibility index (Phi) is 5.28. The van der Waals surface area contributed by atoms with Gasteiger partial charge in [0.25, 0.3) is 0 Å². The van der Waals surface area contributed by atoms with Crippen molar-refractivity contribution in [2.24, 2.45) is 5.92 Å². The zero-order valence-corrected chi connectivity index (χ0v) is 10.8. The van der Waals surface area contributed by atoms with E-state index in [2.05, 4.69) is 5.32 Å². The van der Waals surface area contributed by atoms with E-state index in [1.165, 1.54) is 23.9 Å². The predicted octanol–water partition coefficient (Wildman–Crippen LogP) is 2.27. The van der Waals surface area contributed by atoms with E-state index in [0.29, 0.717) is 23.0 Å². The molecule has 0 fully saturated rings. The predicted molar refractivity (Wildman–Crippen MR) is 69.4 cm³/mol.